The van der Waals surface area contributed by atoms with Crippen molar-refractivity contribution in [3.63, 3.8) is 0 Å². The number of aromatic nitrogens is 3. The zero-order chi connectivity index (χ0) is 17.1. The molecule has 1 heterocycles. The monoisotopic (exact) mass is 328 g/mol. The van der Waals surface area contributed by atoms with Crippen molar-refractivity contribution in [3.05, 3.63) is 30.6 Å². The molecule has 1 fully saturated rings. The molecule has 24 heavy (non-hydrogen) atoms. The van der Waals surface area contributed by atoms with Gasteiger partial charge in [0, 0.05) is 24.2 Å². The molecule has 1 aliphatic rings. The highest BCUT2D eigenvalue weighted by Gasteiger charge is 2.31. The van der Waals surface area contributed by atoms with Crippen molar-refractivity contribution in [2.45, 2.75) is 25.7 Å². The van der Waals surface area contributed by atoms with Crippen molar-refractivity contribution in [2.24, 2.45) is 18.9 Å². The van der Waals surface area contributed by atoms with Crippen LogP contribution < -0.4 is 5.32 Å². The second-order valence-electron chi connectivity index (χ2n) is 6.21. The number of carbonyl (C=O) groups is 2. The summed E-state index contributed by atoms with van der Waals surface area (Å²) in [7, 11) is 1.80. The van der Waals surface area contributed by atoms with Gasteiger partial charge in [-0.25, -0.2) is 4.98 Å². The van der Waals surface area contributed by atoms with E-state index in [1.54, 1.807) is 18.1 Å². The quantitative estimate of drug-likeness (QED) is 0.897. The predicted octanol–water partition coefficient (Wildman–Crippen LogP) is 2.31. The number of carbonyl (C=O) groups excluding carboxylic acids is 1. The third-order valence-corrected chi connectivity index (χ3v) is 4.38. The number of rotatable bonds is 4. The summed E-state index contributed by atoms with van der Waals surface area (Å²) in [5, 5.41) is 16.3. The number of hydrogen-bond acceptors (Lipinski definition) is 4. The molecule has 3 rings (SSSR count). The fourth-order valence-corrected chi connectivity index (χ4v) is 3.10. The van der Waals surface area contributed by atoms with Gasteiger partial charge < -0.3 is 10.4 Å². The van der Waals surface area contributed by atoms with Crippen molar-refractivity contribution in [3.8, 4) is 11.4 Å². The first-order valence-electron chi connectivity index (χ1n) is 8.02. The zero-order valence-electron chi connectivity index (χ0n) is 13.5. The van der Waals surface area contributed by atoms with E-state index in [2.05, 4.69) is 15.4 Å². The maximum Gasteiger partial charge on any atom is 0.306 e. The standard InChI is InChI=1S/C17H20N4O3/c1-21-10-18-15(20-21)11-4-3-7-14(9-11)19-16(22)12-5-2-6-13(8-12)17(23)24/h3-4,7,9-10,12-13H,2,5-6,8H2,1H3,(H,19,22)(H,23,24). The Morgan fingerprint density at radius 3 is 2.79 bits per heavy atom. The average Bonchev–Trinajstić information content (AvgIpc) is 3.02. The summed E-state index contributed by atoms with van der Waals surface area (Å²) >= 11 is 0. The number of carboxylic acids is 1. The van der Waals surface area contributed by atoms with Crippen LogP contribution in [0.1, 0.15) is 25.7 Å². The van der Waals surface area contributed by atoms with Gasteiger partial charge in [-0.2, -0.15) is 5.10 Å². The molecular formula is C17H20N4O3. The SMILES string of the molecule is Cn1cnc(-c2cccc(NC(=O)C3CCCC(C(=O)O)C3)c2)n1. The average molecular weight is 328 g/mol. The summed E-state index contributed by atoms with van der Waals surface area (Å²) in [5.74, 6) is -1.00. The van der Waals surface area contributed by atoms with Crippen LogP contribution in [-0.2, 0) is 16.6 Å². The minimum Gasteiger partial charge on any atom is -0.481 e. The first kappa shape index (κ1) is 16.2. The van der Waals surface area contributed by atoms with E-state index in [0.717, 1.165) is 18.4 Å². The topological polar surface area (TPSA) is 97.1 Å². The van der Waals surface area contributed by atoms with Crippen molar-refractivity contribution in [1.29, 1.82) is 0 Å². The molecule has 0 saturated heterocycles. The Morgan fingerprint density at radius 2 is 2.08 bits per heavy atom. The second-order valence-corrected chi connectivity index (χ2v) is 6.21. The number of hydrogen-bond donors (Lipinski definition) is 2. The molecule has 7 heteroatoms. The number of carboxylic acid groups (broad SMARTS) is 1. The normalized spacial score (nSPS) is 20.5. The van der Waals surface area contributed by atoms with E-state index < -0.39 is 11.9 Å². The van der Waals surface area contributed by atoms with Crippen LogP contribution in [0.2, 0.25) is 0 Å². The Kier molecular flexibility index (Phi) is 4.59. The predicted molar refractivity (Wildman–Crippen MR) is 88.2 cm³/mol. The van der Waals surface area contributed by atoms with Gasteiger partial charge in [0.2, 0.25) is 5.91 Å². The number of aryl methyl sites for hydroxylation is 1. The first-order valence-corrected chi connectivity index (χ1v) is 8.02. The van der Waals surface area contributed by atoms with Crippen LogP contribution >= 0.6 is 0 Å². The van der Waals surface area contributed by atoms with Crippen LogP contribution in [0, 0.1) is 11.8 Å². The Labute approximate surface area is 139 Å². The van der Waals surface area contributed by atoms with Gasteiger partial charge in [-0.15, -0.1) is 0 Å². The fraction of sp³-hybridized carbons (Fsp3) is 0.412. The summed E-state index contributed by atoms with van der Waals surface area (Å²) in [6, 6.07) is 7.35. The molecule has 0 bridgehead atoms. The van der Waals surface area contributed by atoms with Crippen LogP contribution in [0.5, 0.6) is 0 Å². The molecule has 1 aliphatic carbocycles. The Morgan fingerprint density at radius 1 is 1.29 bits per heavy atom. The highest BCUT2D eigenvalue weighted by molar-refractivity contribution is 5.93. The summed E-state index contributed by atoms with van der Waals surface area (Å²) in [4.78, 5) is 27.8. The first-order chi connectivity index (χ1) is 11.5. The molecule has 2 N–H and O–H groups in total. The van der Waals surface area contributed by atoms with E-state index in [1.165, 1.54) is 0 Å². The van der Waals surface area contributed by atoms with Crippen LogP contribution in [-0.4, -0.2) is 31.7 Å². The van der Waals surface area contributed by atoms with E-state index in [0.29, 0.717) is 24.4 Å². The summed E-state index contributed by atoms with van der Waals surface area (Å²) < 4.78 is 1.62. The van der Waals surface area contributed by atoms with Crippen LogP contribution in [0.3, 0.4) is 0 Å². The molecule has 2 atom stereocenters. The van der Waals surface area contributed by atoms with Crippen molar-refractivity contribution in [2.75, 3.05) is 5.32 Å². The number of aliphatic carboxylic acids is 1. The number of nitrogens with zero attached hydrogens (tertiary/aromatic N) is 3. The number of benzene rings is 1. The minimum absolute atomic E-state index is 0.118. The van der Waals surface area contributed by atoms with Crippen LogP contribution in [0.15, 0.2) is 30.6 Å². The molecule has 0 spiro atoms. The van der Waals surface area contributed by atoms with Gasteiger partial charge in [0.15, 0.2) is 5.82 Å². The van der Waals surface area contributed by atoms with Crippen molar-refractivity contribution < 1.29 is 14.7 Å². The highest BCUT2D eigenvalue weighted by Crippen LogP contribution is 2.30. The minimum atomic E-state index is -0.810. The van der Waals surface area contributed by atoms with Crippen molar-refractivity contribution >= 4 is 17.6 Å². The summed E-state index contributed by atoms with van der Waals surface area (Å²) in [5.41, 5.74) is 1.49. The van der Waals surface area contributed by atoms with E-state index in [1.807, 2.05) is 24.3 Å². The van der Waals surface area contributed by atoms with Gasteiger partial charge in [-0.1, -0.05) is 18.6 Å². The third kappa shape index (κ3) is 3.61. The molecule has 1 aromatic carbocycles. The van der Waals surface area contributed by atoms with Gasteiger partial charge in [-0.3, -0.25) is 14.3 Å². The molecule has 126 valence electrons. The fourth-order valence-electron chi connectivity index (χ4n) is 3.10. The van der Waals surface area contributed by atoms with E-state index in [4.69, 9.17) is 5.11 Å². The van der Waals surface area contributed by atoms with Gasteiger partial charge in [0.05, 0.1) is 5.92 Å². The molecule has 1 aromatic heterocycles. The lowest BCUT2D eigenvalue weighted by Crippen LogP contribution is -2.30. The molecule has 2 unspecified atom stereocenters. The molecule has 7 nitrogen and oxygen atoms in total. The maximum absolute atomic E-state index is 12.4. The second kappa shape index (κ2) is 6.82. The zero-order valence-corrected chi connectivity index (χ0v) is 13.5. The van der Waals surface area contributed by atoms with Crippen LogP contribution in [0.25, 0.3) is 11.4 Å². The Hall–Kier alpha value is -2.70. The molecule has 1 saturated carbocycles. The van der Waals surface area contributed by atoms with E-state index >= 15 is 0 Å². The molecular weight excluding hydrogens is 308 g/mol. The van der Waals surface area contributed by atoms with Gasteiger partial charge in [0.1, 0.15) is 6.33 Å². The Bertz CT molecular complexity index is 756. The van der Waals surface area contributed by atoms with Gasteiger partial charge >= 0.3 is 5.97 Å². The Balaban J connectivity index is 1.69. The number of nitrogens with one attached hydrogen (secondary N) is 1. The summed E-state index contributed by atoms with van der Waals surface area (Å²) in [6.45, 7) is 0. The number of amides is 1. The molecule has 0 aliphatic heterocycles. The van der Waals surface area contributed by atoms with Crippen LogP contribution in [0.4, 0.5) is 5.69 Å². The smallest absolute Gasteiger partial charge is 0.306 e. The molecule has 2 aromatic rings. The molecule has 1 amide bonds. The molecule has 0 radical (unpaired) electrons. The third-order valence-electron chi connectivity index (χ3n) is 4.38. The van der Waals surface area contributed by atoms with E-state index in [-0.39, 0.29) is 11.8 Å². The van der Waals surface area contributed by atoms with Gasteiger partial charge in [0.25, 0.3) is 0 Å². The summed E-state index contributed by atoms with van der Waals surface area (Å²) in [6.07, 6.45) is 4.18. The lowest BCUT2D eigenvalue weighted by molar-refractivity contribution is -0.143. The highest BCUT2D eigenvalue weighted by atomic mass is 16.4. The lowest BCUT2D eigenvalue weighted by Gasteiger charge is -2.25. The largest absolute Gasteiger partial charge is 0.481 e. The van der Waals surface area contributed by atoms with E-state index in [9.17, 15) is 9.59 Å². The maximum atomic E-state index is 12.4. The van der Waals surface area contributed by atoms with Crippen molar-refractivity contribution in [1.82, 2.24) is 14.8 Å². The number of anilines is 1. The lowest BCUT2D eigenvalue weighted by atomic mass is 9.81. The van der Waals surface area contributed by atoms with Gasteiger partial charge in [-0.05, 0) is 31.4 Å².